The van der Waals surface area contributed by atoms with Crippen LogP contribution in [0, 0.1) is 0 Å². The summed E-state index contributed by atoms with van der Waals surface area (Å²) in [5.74, 6) is -0.374. The molecule has 10 heteroatoms. The van der Waals surface area contributed by atoms with Gasteiger partial charge in [-0.15, -0.1) is 0 Å². The first-order valence-corrected chi connectivity index (χ1v) is 25.5. The molecule has 0 spiro atoms. The van der Waals surface area contributed by atoms with Crippen molar-refractivity contribution in [3.05, 3.63) is 0 Å². The fourth-order valence-electron chi connectivity index (χ4n) is 7.12. The molecule has 0 fully saturated rings. The van der Waals surface area contributed by atoms with Crippen molar-refractivity contribution in [1.82, 2.24) is 0 Å². The summed E-state index contributed by atoms with van der Waals surface area (Å²) >= 11 is 0. The maximum atomic E-state index is 12.6. The average molecular weight is 821 g/mol. The van der Waals surface area contributed by atoms with Crippen LogP contribution in [0.25, 0.3) is 0 Å². The monoisotopic (exact) mass is 821 g/mol. The van der Waals surface area contributed by atoms with Crippen molar-refractivity contribution in [2.24, 2.45) is 0 Å². The van der Waals surface area contributed by atoms with Gasteiger partial charge in [0.25, 0.3) is 0 Å². The SMILES string of the molecule is CCCCCCCCCCCCCCCCCCCCCCC(=O)OC(COCCCCCCCCCCCCCCCCC)COP(=O)(O)OCC(O)CO. The van der Waals surface area contributed by atoms with E-state index in [-0.39, 0.29) is 25.6 Å². The Morgan fingerprint density at radius 1 is 0.482 bits per heavy atom. The van der Waals surface area contributed by atoms with Crippen molar-refractivity contribution in [2.45, 2.75) is 257 Å². The number of hydrogen-bond acceptors (Lipinski definition) is 8. The highest BCUT2D eigenvalue weighted by Crippen LogP contribution is 2.43. The molecule has 3 unspecified atom stereocenters. The summed E-state index contributed by atoms with van der Waals surface area (Å²) in [6.07, 6.45) is 43.5. The van der Waals surface area contributed by atoms with E-state index in [1.54, 1.807) is 0 Å². The van der Waals surface area contributed by atoms with Crippen LogP contribution in [0.1, 0.15) is 245 Å². The van der Waals surface area contributed by atoms with Gasteiger partial charge in [0.1, 0.15) is 12.2 Å². The summed E-state index contributed by atoms with van der Waals surface area (Å²) < 4.78 is 33.5. The average Bonchev–Trinajstić information content (AvgIpc) is 3.19. The maximum Gasteiger partial charge on any atom is 0.472 e. The highest BCUT2D eigenvalue weighted by molar-refractivity contribution is 7.47. The minimum atomic E-state index is -4.51. The molecule has 0 saturated carbocycles. The number of carbonyl (C=O) groups is 1. The number of hydrogen-bond donors (Lipinski definition) is 3. The highest BCUT2D eigenvalue weighted by atomic mass is 31.2. The molecule has 3 N–H and O–H groups in total. The van der Waals surface area contributed by atoms with Crippen LogP contribution in [-0.2, 0) is 27.9 Å². The molecule has 3 atom stereocenters. The second-order valence-corrected chi connectivity index (χ2v) is 18.0. The molecule has 0 bridgehead atoms. The normalized spacial score (nSPS) is 13.9. The van der Waals surface area contributed by atoms with Gasteiger partial charge in [-0.3, -0.25) is 13.8 Å². The molecule has 0 saturated heterocycles. The van der Waals surface area contributed by atoms with Crippen LogP contribution in [-0.4, -0.2) is 66.3 Å². The zero-order valence-electron chi connectivity index (χ0n) is 36.9. The molecule has 0 radical (unpaired) electrons. The van der Waals surface area contributed by atoms with Gasteiger partial charge in [-0.25, -0.2) is 4.57 Å². The lowest BCUT2D eigenvalue weighted by atomic mass is 10.0. The number of esters is 1. The summed E-state index contributed by atoms with van der Waals surface area (Å²) in [5, 5.41) is 18.4. The van der Waals surface area contributed by atoms with Crippen LogP contribution < -0.4 is 0 Å². The summed E-state index contributed by atoms with van der Waals surface area (Å²) in [6.45, 7) is 3.59. The molecule has 0 amide bonds. The topological polar surface area (TPSA) is 132 Å². The lowest BCUT2D eigenvalue weighted by Crippen LogP contribution is -2.29. The molecule has 0 rings (SSSR count). The molecule has 336 valence electrons. The lowest BCUT2D eigenvalue weighted by Gasteiger charge is -2.20. The molecule has 0 aromatic heterocycles. The summed E-state index contributed by atoms with van der Waals surface area (Å²) in [7, 11) is -4.51. The Bertz CT molecular complexity index is 845. The maximum absolute atomic E-state index is 12.6. The van der Waals surface area contributed by atoms with E-state index < -0.39 is 33.2 Å². The van der Waals surface area contributed by atoms with Gasteiger partial charge in [-0.05, 0) is 12.8 Å². The van der Waals surface area contributed by atoms with Gasteiger partial charge < -0.3 is 24.6 Å². The van der Waals surface area contributed by atoms with Crippen LogP contribution in [0.4, 0.5) is 0 Å². The van der Waals surface area contributed by atoms with Crippen molar-refractivity contribution in [2.75, 3.05) is 33.0 Å². The first-order valence-electron chi connectivity index (χ1n) is 24.0. The van der Waals surface area contributed by atoms with Gasteiger partial charge in [0, 0.05) is 13.0 Å². The summed E-state index contributed by atoms with van der Waals surface area (Å²) in [4.78, 5) is 22.6. The van der Waals surface area contributed by atoms with Crippen molar-refractivity contribution in [1.29, 1.82) is 0 Å². The van der Waals surface area contributed by atoms with E-state index in [0.717, 1.165) is 32.1 Å². The smallest absolute Gasteiger partial charge is 0.457 e. The third-order valence-corrected chi connectivity index (χ3v) is 11.7. The van der Waals surface area contributed by atoms with Gasteiger partial charge in [0.2, 0.25) is 0 Å². The van der Waals surface area contributed by atoms with Gasteiger partial charge in [0.05, 0.1) is 26.4 Å². The number of rotatable bonds is 47. The molecule has 0 aromatic rings. The zero-order valence-corrected chi connectivity index (χ0v) is 37.8. The number of ether oxygens (including phenoxy) is 2. The van der Waals surface area contributed by atoms with E-state index in [9.17, 15) is 19.4 Å². The van der Waals surface area contributed by atoms with E-state index in [4.69, 9.17) is 23.6 Å². The Hall–Kier alpha value is -0.540. The van der Waals surface area contributed by atoms with E-state index >= 15 is 0 Å². The summed E-state index contributed by atoms with van der Waals surface area (Å²) in [6, 6.07) is 0. The Balaban J connectivity index is 4.04. The zero-order chi connectivity index (χ0) is 41.1. The minimum absolute atomic E-state index is 0.0584. The van der Waals surface area contributed by atoms with Gasteiger partial charge in [-0.2, -0.15) is 0 Å². The first kappa shape index (κ1) is 55.5. The number of carbonyl (C=O) groups excluding carboxylic acids is 1. The quantitative estimate of drug-likeness (QED) is 0.0312. The third-order valence-electron chi connectivity index (χ3n) is 10.8. The van der Waals surface area contributed by atoms with E-state index in [1.807, 2.05) is 0 Å². The van der Waals surface area contributed by atoms with Crippen LogP contribution >= 0.6 is 7.82 Å². The second kappa shape index (κ2) is 44.0. The number of phosphoric acid groups is 1. The molecule has 9 nitrogen and oxygen atoms in total. The van der Waals surface area contributed by atoms with Crippen molar-refractivity contribution in [3.8, 4) is 0 Å². The van der Waals surface area contributed by atoms with E-state index in [2.05, 4.69) is 13.8 Å². The standard InChI is InChI=1S/C46H93O9P/c1-3-5-7-9-11-13-15-17-19-20-21-22-23-24-26-28-30-32-34-36-38-46(49)55-45(43-54-56(50,51)53-41-44(48)40-47)42-52-39-37-35-33-31-29-27-25-18-16-14-12-10-8-6-4-2/h44-45,47-48H,3-43H2,1-2H3,(H,50,51). The molecule has 0 heterocycles. The molecular formula is C46H93O9P. The molecule has 56 heavy (non-hydrogen) atoms. The summed E-state index contributed by atoms with van der Waals surface area (Å²) in [5.41, 5.74) is 0. The van der Waals surface area contributed by atoms with Crippen LogP contribution in [0.3, 0.4) is 0 Å². The molecular weight excluding hydrogens is 727 g/mol. The predicted molar refractivity (Wildman–Crippen MR) is 233 cm³/mol. The van der Waals surface area contributed by atoms with Crippen LogP contribution in [0.2, 0.25) is 0 Å². The Kier molecular flexibility index (Phi) is 43.6. The molecule has 0 aliphatic heterocycles. The molecule has 0 aromatic carbocycles. The number of unbranched alkanes of at least 4 members (excludes halogenated alkanes) is 33. The first-order chi connectivity index (χ1) is 27.3. The fourth-order valence-corrected chi connectivity index (χ4v) is 7.91. The van der Waals surface area contributed by atoms with Crippen LogP contribution in [0.5, 0.6) is 0 Å². The van der Waals surface area contributed by atoms with Gasteiger partial charge >= 0.3 is 13.8 Å². The predicted octanol–water partition coefficient (Wildman–Crippen LogP) is 13.5. The lowest BCUT2D eigenvalue weighted by molar-refractivity contribution is -0.154. The van der Waals surface area contributed by atoms with Crippen molar-refractivity contribution < 1.29 is 43.0 Å². The van der Waals surface area contributed by atoms with Gasteiger partial charge in [-0.1, -0.05) is 226 Å². The van der Waals surface area contributed by atoms with E-state index in [0.29, 0.717) is 6.61 Å². The minimum Gasteiger partial charge on any atom is -0.457 e. The van der Waals surface area contributed by atoms with Gasteiger partial charge in [0.15, 0.2) is 0 Å². The Morgan fingerprint density at radius 3 is 1.16 bits per heavy atom. The number of phosphoric ester groups is 1. The highest BCUT2D eigenvalue weighted by Gasteiger charge is 2.26. The molecule has 0 aliphatic rings. The van der Waals surface area contributed by atoms with Crippen molar-refractivity contribution in [3.63, 3.8) is 0 Å². The van der Waals surface area contributed by atoms with Crippen LogP contribution in [0.15, 0.2) is 0 Å². The molecule has 0 aliphatic carbocycles. The Labute approximate surface area is 346 Å². The fraction of sp³-hybridized carbons (Fsp3) is 0.978. The second-order valence-electron chi connectivity index (χ2n) is 16.5. The Morgan fingerprint density at radius 2 is 0.804 bits per heavy atom. The van der Waals surface area contributed by atoms with Crippen molar-refractivity contribution >= 4 is 13.8 Å². The van der Waals surface area contributed by atoms with E-state index in [1.165, 1.54) is 193 Å². The number of aliphatic hydroxyl groups is 2. The third kappa shape index (κ3) is 43.0. The number of aliphatic hydroxyl groups excluding tert-OH is 2. The largest absolute Gasteiger partial charge is 0.472 e.